The Balaban J connectivity index is 1.78. The van der Waals surface area contributed by atoms with E-state index in [1.165, 1.54) is 0 Å². The smallest absolute Gasteiger partial charge is 0.425 e. The van der Waals surface area contributed by atoms with Gasteiger partial charge in [0.05, 0.1) is 0 Å². The monoisotopic (exact) mass is 365 g/mol. The predicted molar refractivity (Wildman–Crippen MR) is 116 cm³/mol. The van der Waals surface area contributed by atoms with Crippen LogP contribution in [0.1, 0.15) is 12.0 Å². The first-order valence-electron chi connectivity index (χ1n) is 9.49. The van der Waals surface area contributed by atoms with Gasteiger partial charge in [-0.25, -0.2) is 0 Å². The van der Waals surface area contributed by atoms with Crippen molar-refractivity contribution >= 4 is 34.5 Å². The SMILES string of the molecule is OB(O)C1(n2c3ccccc3c3ccccc32)C=CC=C(c2ccccc2)C1. The lowest BCUT2D eigenvalue weighted by atomic mass is 9.59. The fraction of sp³-hybridized carbons (Fsp3) is 0.0833. The Labute approximate surface area is 164 Å². The standard InChI is InChI=1S/C24H20BNO2/c27-25(28)24(16-8-11-19(17-24)18-9-2-1-3-10-18)26-22-14-6-4-12-20(22)21-13-5-7-15-23(21)26/h1-16,27-28H,17H2. The minimum Gasteiger partial charge on any atom is -0.425 e. The molecule has 4 heteroatoms. The average Bonchev–Trinajstić information content (AvgIpc) is 3.09. The van der Waals surface area contributed by atoms with Crippen LogP contribution in [0.15, 0.2) is 97.1 Å². The van der Waals surface area contributed by atoms with Crippen molar-refractivity contribution in [3.8, 4) is 0 Å². The maximum atomic E-state index is 10.6. The van der Waals surface area contributed by atoms with Crippen LogP contribution < -0.4 is 0 Å². The molecule has 136 valence electrons. The van der Waals surface area contributed by atoms with Crippen LogP contribution in [0, 0.1) is 0 Å². The Bertz CT molecular complexity index is 1170. The van der Waals surface area contributed by atoms with Crippen molar-refractivity contribution < 1.29 is 10.0 Å². The number of allylic oxidation sites excluding steroid dienone is 4. The first-order chi connectivity index (χ1) is 13.7. The highest BCUT2D eigenvalue weighted by Gasteiger charge is 2.45. The molecule has 1 aromatic heterocycles. The number of hydrogen-bond donors (Lipinski definition) is 2. The van der Waals surface area contributed by atoms with E-state index in [0.29, 0.717) is 6.42 Å². The van der Waals surface area contributed by atoms with E-state index in [9.17, 15) is 10.0 Å². The first kappa shape index (κ1) is 17.1. The normalized spacial score (nSPS) is 19.1. The third-order valence-electron chi connectivity index (χ3n) is 5.74. The topological polar surface area (TPSA) is 45.4 Å². The molecule has 0 amide bonds. The largest absolute Gasteiger partial charge is 0.484 e. The Morgan fingerprint density at radius 1 is 0.750 bits per heavy atom. The molecule has 2 N–H and O–H groups in total. The van der Waals surface area contributed by atoms with Gasteiger partial charge in [-0.05, 0) is 29.7 Å². The lowest BCUT2D eigenvalue weighted by molar-refractivity contribution is 0.329. The number of nitrogens with zero attached hydrogens (tertiary/aromatic N) is 1. The molecular weight excluding hydrogens is 345 g/mol. The fourth-order valence-corrected chi connectivity index (χ4v) is 4.42. The van der Waals surface area contributed by atoms with Crippen LogP contribution >= 0.6 is 0 Å². The summed E-state index contributed by atoms with van der Waals surface area (Å²) in [5.41, 5.74) is 3.19. The van der Waals surface area contributed by atoms with Crippen LogP contribution in [-0.4, -0.2) is 21.7 Å². The third-order valence-corrected chi connectivity index (χ3v) is 5.74. The Kier molecular flexibility index (Phi) is 3.97. The molecule has 4 aromatic rings. The molecule has 0 bridgehead atoms. The molecule has 0 radical (unpaired) electrons. The van der Waals surface area contributed by atoms with E-state index in [4.69, 9.17) is 0 Å². The molecule has 3 aromatic carbocycles. The van der Waals surface area contributed by atoms with E-state index in [1.807, 2.05) is 66.7 Å². The Hall–Kier alpha value is -3.08. The molecule has 0 spiro atoms. The van der Waals surface area contributed by atoms with Gasteiger partial charge in [0, 0.05) is 21.8 Å². The van der Waals surface area contributed by atoms with Crippen molar-refractivity contribution in [2.45, 2.75) is 11.9 Å². The van der Waals surface area contributed by atoms with Crippen molar-refractivity contribution in [1.82, 2.24) is 4.57 Å². The molecule has 0 saturated heterocycles. The zero-order valence-electron chi connectivity index (χ0n) is 15.4. The van der Waals surface area contributed by atoms with E-state index in [-0.39, 0.29) is 0 Å². The molecule has 0 aliphatic heterocycles. The molecule has 1 heterocycles. The summed E-state index contributed by atoms with van der Waals surface area (Å²) in [5.74, 6) is 0. The third kappa shape index (κ3) is 2.46. The number of para-hydroxylation sites is 2. The summed E-state index contributed by atoms with van der Waals surface area (Å²) < 4.78 is 2.09. The van der Waals surface area contributed by atoms with Crippen LogP contribution in [0.25, 0.3) is 27.4 Å². The molecular formula is C24H20BNO2. The van der Waals surface area contributed by atoms with Gasteiger partial charge in [0.15, 0.2) is 0 Å². The lowest BCUT2D eigenvalue weighted by Crippen LogP contribution is -2.48. The van der Waals surface area contributed by atoms with E-state index >= 15 is 0 Å². The Morgan fingerprint density at radius 2 is 1.32 bits per heavy atom. The zero-order chi connectivity index (χ0) is 19.1. The molecule has 1 atom stereocenters. The van der Waals surface area contributed by atoms with Crippen LogP contribution in [0.3, 0.4) is 0 Å². The summed E-state index contributed by atoms with van der Waals surface area (Å²) in [6.07, 6.45) is 6.41. The molecule has 1 unspecified atom stereocenters. The summed E-state index contributed by atoms with van der Waals surface area (Å²) in [6.45, 7) is 0. The molecule has 0 fully saturated rings. The predicted octanol–water partition coefficient (Wildman–Crippen LogP) is 4.55. The maximum Gasteiger partial charge on any atom is 0.484 e. The van der Waals surface area contributed by atoms with E-state index in [2.05, 4.69) is 34.9 Å². The van der Waals surface area contributed by atoms with E-state index < -0.39 is 12.6 Å². The number of rotatable bonds is 3. The molecule has 5 rings (SSSR count). The van der Waals surface area contributed by atoms with E-state index in [0.717, 1.165) is 32.9 Å². The lowest BCUT2D eigenvalue weighted by Gasteiger charge is -2.36. The van der Waals surface area contributed by atoms with Gasteiger partial charge in [-0.1, -0.05) is 85.0 Å². The highest BCUT2D eigenvalue weighted by molar-refractivity contribution is 6.46. The van der Waals surface area contributed by atoms with Gasteiger partial charge in [-0.2, -0.15) is 0 Å². The zero-order valence-corrected chi connectivity index (χ0v) is 15.4. The molecule has 0 saturated carbocycles. The second kappa shape index (κ2) is 6.52. The summed E-state index contributed by atoms with van der Waals surface area (Å²) in [7, 11) is -1.55. The van der Waals surface area contributed by atoms with Crippen molar-refractivity contribution in [1.29, 1.82) is 0 Å². The molecule has 1 aliphatic carbocycles. The van der Waals surface area contributed by atoms with Crippen LogP contribution in [0.5, 0.6) is 0 Å². The molecule has 28 heavy (non-hydrogen) atoms. The first-order valence-corrected chi connectivity index (χ1v) is 9.49. The van der Waals surface area contributed by atoms with Gasteiger partial charge in [-0.3, -0.25) is 0 Å². The van der Waals surface area contributed by atoms with Crippen LogP contribution in [0.4, 0.5) is 0 Å². The van der Waals surface area contributed by atoms with Crippen LogP contribution in [0.2, 0.25) is 0 Å². The number of fused-ring (bicyclic) bond motifs is 3. The minimum atomic E-state index is -1.55. The molecule has 1 aliphatic rings. The van der Waals surface area contributed by atoms with Crippen molar-refractivity contribution in [3.05, 3.63) is 103 Å². The summed E-state index contributed by atoms with van der Waals surface area (Å²) in [6, 6.07) is 26.4. The highest BCUT2D eigenvalue weighted by Crippen LogP contribution is 2.42. The quantitative estimate of drug-likeness (QED) is 0.524. The van der Waals surface area contributed by atoms with Gasteiger partial charge < -0.3 is 14.6 Å². The second-order valence-electron chi connectivity index (χ2n) is 7.33. The van der Waals surface area contributed by atoms with E-state index in [1.54, 1.807) is 0 Å². The van der Waals surface area contributed by atoms with Crippen molar-refractivity contribution in [2.24, 2.45) is 0 Å². The highest BCUT2D eigenvalue weighted by atomic mass is 16.4. The summed E-state index contributed by atoms with van der Waals surface area (Å²) in [5, 5.41) is 23.5. The summed E-state index contributed by atoms with van der Waals surface area (Å²) >= 11 is 0. The van der Waals surface area contributed by atoms with Crippen LogP contribution in [-0.2, 0) is 5.44 Å². The average molecular weight is 365 g/mol. The fourth-order valence-electron chi connectivity index (χ4n) is 4.42. The second-order valence-corrected chi connectivity index (χ2v) is 7.33. The van der Waals surface area contributed by atoms with Gasteiger partial charge in [-0.15, -0.1) is 0 Å². The van der Waals surface area contributed by atoms with Gasteiger partial charge >= 0.3 is 7.12 Å². The minimum absolute atomic E-state index is 0.494. The van der Waals surface area contributed by atoms with Crippen molar-refractivity contribution in [2.75, 3.05) is 0 Å². The van der Waals surface area contributed by atoms with Crippen molar-refractivity contribution in [3.63, 3.8) is 0 Å². The maximum absolute atomic E-state index is 10.6. The number of hydrogen-bond acceptors (Lipinski definition) is 2. The summed E-state index contributed by atoms with van der Waals surface area (Å²) in [4.78, 5) is 0. The van der Waals surface area contributed by atoms with Gasteiger partial charge in [0.2, 0.25) is 0 Å². The van der Waals surface area contributed by atoms with Gasteiger partial charge in [0.1, 0.15) is 5.44 Å². The Morgan fingerprint density at radius 3 is 1.93 bits per heavy atom. The number of benzene rings is 3. The van der Waals surface area contributed by atoms with Gasteiger partial charge in [0.25, 0.3) is 0 Å². The molecule has 3 nitrogen and oxygen atoms in total. The number of aromatic nitrogens is 1.